The molecule has 9 nitrogen and oxygen atoms in total. The van der Waals surface area contributed by atoms with E-state index < -0.39 is 52.5 Å². The molecule has 2 aromatic rings. The third-order valence-corrected chi connectivity index (χ3v) is 10.2. The minimum Gasteiger partial charge on any atom is -0.497 e. The summed E-state index contributed by atoms with van der Waals surface area (Å²) in [5.74, 6) is -1.34. The van der Waals surface area contributed by atoms with Crippen molar-refractivity contribution in [2.24, 2.45) is 0 Å². The van der Waals surface area contributed by atoms with Crippen molar-refractivity contribution in [2.45, 2.75) is 62.2 Å². The monoisotopic (exact) mass is 693 g/mol. The average Bonchev–Trinajstić information content (AvgIpc) is 3.31. The van der Waals surface area contributed by atoms with Crippen LogP contribution in [0.1, 0.15) is 48.1 Å². The van der Waals surface area contributed by atoms with E-state index in [2.05, 4.69) is 10.6 Å². The van der Waals surface area contributed by atoms with E-state index in [1.807, 2.05) is 18.2 Å². The highest BCUT2D eigenvalue weighted by Crippen LogP contribution is 2.42. The molecule has 1 aliphatic heterocycles. The van der Waals surface area contributed by atoms with Gasteiger partial charge in [0.25, 0.3) is 0 Å². The molecule has 0 spiro atoms. The molecule has 0 saturated carbocycles. The fraction of sp³-hybridized carbons (Fsp3) is 0.500. The molecule has 3 N–H and O–H groups in total. The van der Waals surface area contributed by atoms with E-state index in [-0.39, 0.29) is 38.1 Å². The molecule has 0 unspecified atom stereocenters. The Hall–Kier alpha value is -2.39. The van der Waals surface area contributed by atoms with Crippen LogP contribution in [0, 0.1) is 0 Å². The van der Waals surface area contributed by atoms with E-state index in [0.29, 0.717) is 32.1 Å². The molecule has 0 saturated heterocycles. The number of likely N-dealkylation sites (N-methyl/N-ethyl adjacent to an activating group) is 1. The summed E-state index contributed by atoms with van der Waals surface area (Å²) in [7, 11) is -1.85. The number of β-amino-alcohol motifs (C(OH)–C–C–N with tert-alkyl or cyclic N) is 1. The number of nitrogens with zero attached hydrogens (tertiary/aromatic N) is 1. The van der Waals surface area contributed by atoms with Gasteiger partial charge in [-0.3, -0.25) is 4.79 Å². The number of halogens is 5. The molecule has 4 rings (SSSR count). The molecule has 2 bridgehead atoms. The van der Waals surface area contributed by atoms with Crippen LogP contribution in [0.4, 0.5) is 13.2 Å². The van der Waals surface area contributed by atoms with Crippen molar-refractivity contribution in [3.05, 3.63) is 75.3 Å². The number of sulfonamides is 1. The van der Waals surface area contributed by atoms with Crippen molar-refractivity contribution in [2.75, 3.05) is 33.1 Å². The Morgan fingerprint density at radius 3 is 2.49 bits per heavy atom. The Balaban J connectivity index is 1.66. The fourth-order valence-electron chi connectivity index (χ4n) is 5.51. The first-order valence-corrected chi connectivity index (χ1v) is 16.7. The average molecular weight is 695 g/mol. The van der Waals surface area contributed by atoms with Gasteiger partial charge >= 0.3 is 6.18 Å². The number of aliphatic hydroxyl groups is 1. The van der Waals surface area contributed by atoms with Crippen LogP contribution in [0.15, 0.2) is 48.6 Å². The van der Waals surface area contributed by atoms with Gasteiger partial charge in [-0.1, -0.05) is 41.4 Å². The van der Waals surface area contributed by atoms with Gasteiger partial charge in [-0.05, 0) is 66.3 Å². The summed E-state index contributed by atoms with van der Waals surface area (Å²) in [4.78, 5) is 13.7. The summed E-state index contributed by atoms with van der Waals surface area (Å²) in [6.45, 7) is 0.165. The van der Waals surface area contributed by atoms with E-state index in [0.717, 1.165) is 18.2 Å². The Morgan fingerprint density at radius 2 is 1.82 bits per heavy atom. The molecule has 1 amide bonds. The molecule has 1 heterocycles. The Kier molecular flexibility index (Phi) is 11.8. The van der Waals surface area contributed by atoms with Gasteiger partial charge in [0.05, 0.1) is 44.1 Å². The number of aliphatic hydroxyl groups excluding tert-OH is 1. The minimum atomic E-state index is -4.70. The van der Waals surface area contributed by atoms with Crippen LogP contribution < -0.4 is 15.4 Å². The largest absolute Gasteiger partial charge is 0.497 e. The molecule has 0 fully saturated rings. The number of carbonyl (C=O) groups excluding carboxylic acids is 1. The summed E-state index contributed by atoms with van der Waals surface area (Å²) in [5.41, 5.74) is 2.51. The highest BCUT2D eigenvalue weighted by Gasteiger charge is 2.37. The molecule has 15 heteroatoms. The lowest BCUT2D eigenvalue weighted by atomic mass is 9.99. The maximum atomic E-state index is 13.7. The van der Waals surface area contributed by atoms with Crippen molar-refractivity contribution >= 4 is 39.1 Å². The van der Waals surface area contributed by atoms with E-state index >= 15 is 0 Å². The first-order chi connectivity index (χ1) is 21.2. The van der Waals surface area contributed by atoms with Crippen LogP contribution in [0.5, 0.6) is 5.75 Å². The highest BCUT2D eigenvalue weighted by molar-refractivity contribution is 7.89. The van der Waals surface area contributed by atoms with E-state index in [1.165, 1.54) is 6.07 Å². The number of benzene rings is 2. The number of carbonyl (C=O) groups is 1. The van der Waals surface area contributed by atoms with Gasteiger partial charge in [-0.25, -0.2) is 8.42 Å². The third kappa shape index (κ3) is 9.57. The van der Waals surface area contributed by atoms with Crippen LogP contribution in [0.25, 0.3) is 0 Å². The Morgan fingerprint density at radius 1 is 1.11 bits per heavy atom. The highest BCUT2D eigenvalue weighted by atomic mass is 35.5. The summed E-state index contributed by atoms with van der Waals surface area (Å²) >= 11 is 12.4. The molecular weight excluding hydrogens is 658 g/mol. The van der Waals surface area contributed by atoms with Crippen LogP contribution in [-0.2, 0) is 26.0 Å². The first-order valence-electron chi connectivity index (χ1n) is 14.3. The van der Waals surface area contributed by atoms with Gasteiger partial charge in [0.15, 0.2) is 0 Å². The van der Waals surface area contributed by atoms with Gasteiger partial charge in [-0.15, -0.1) is 0 Å². The van der Waals surface area contributed by atoms with Crippen LogP contribution in [-0.4, -0.2) is 81.2 Å². The Bertz CT molecular complexity index is 1470. The smallest absolute Gasteiger partial charge is 0.390 e. The lowest BCUT2D eigenvalue weighted by Gasteiger charge is -2.31. The second-order valence-electron chi connectivity index (χ2n) is 11.1. The number of fused-ring (bicyclic) bond motifs is 5. The zero-order chi connectivity index (χ0) is 32.9. The van der Waals surface area contributed by atoms with Crippen LogP contribution >= 0.6 is 23.2 Å². The maximum absolute atomic E-state index is 13.7. The topological polar surface area (TPSA) is 117 Å². The van der Waals surface area contributed by atoms with Crippen molar-refractivity contribution in [3.8, 4) is 5.75 Å². The van der Waals surface area contributed by atoms with E-state index in [1.54, 1.807) is 31.4 Å². The van der Waals surface area contributed by atoms with Crippen molar-refractivity contribution < 1.29 is 41.0 Å². The van der Waals surface area contributed by atoms with Gasteiger partial charge in [0.1, 0.15) is 11.8 Å². The van der Waals surface area contributed by atoms with Gasteiger partial charge in [0.2, 0.25) is 15.9 Å². The minimum absolute atomic E-state index is 0.0237. The van der Waals surface area contributed by atoms with E-state index in [9.17, 15) is 31.5 Å². The number of nitrogens with one attached hydrogen (secondary N) is 2. The van der Waals surface area contributed by atoms with Crippen LogP contribution in [0.2, 0.25) is 10.0 Å². The van der Waals surface area contributed by atoms with Crippen molar-refractivity contribution in [1.82, 2.24) is 14.9 Å². The zero-order valence-electron chi connectivity index (χ0n) is 24.7. The number of hydrogen-bond donors (Lipinski definition) is 3. The van der Waals surface area contributed by atoms with E-state index in [4.69, 9.17) is 32.7 Å². The summed E-state index contributed by atoms with van der Waals surface area (Å²) in [6, 6.07) is 7.89. The lowest BCUT2D eigenvalue weighted by molar-refractivity contribution is -0.130. The first kappa shape index (κ1) is 35.5. The van der Waals surface area contributed by atoms with Crippen LogP contribution in [0.3, 0.4) is 0 Å². The molecule has 45 heavy (non-hydrogen) atoms. The van der Waals surface area contributed by atoms with Gasteiger partial charge < -0.3 is 25.2 Å². The summed E-state index contributed by atoms with van der Waals surface area (Å²) < 4.78 is 76.6. The predicted octanol–water partition coefficient (Wildman–Crippen LogP) is 4.73. The molecule has 2 aliphatic rings. The predicted molar refractivity (Wildman–Crippen MR) is 165 cm³/mol. The number of ether oxygens (including phenoxy) is 2. The van der Waals surface area contributed by atoms with Gasteiger partial charge in [0, 0.05) is 29.7 Å². The summed E-state index contributed by atoms with van der Waals surface area (Å²) in [5, 5.41) is 18.2. The fourth-order valence-corrected chi connectivity index (χ4v) is 7.43. The molecule has 0 aromatic heterocycles. The molecule has 0 radical (unpaired) electrons. The Labute approximate surface area is 270 Å². The number of hydrogen-bond acceptors (Lipinski definition) is 7. The molecular formula is C30H36Cl2F3N3O6S. The number of alkyl halides is 3. The molecule has 248 valence electrons. The van der Waals surface area contributed by atoms with Crippen molar-refractivity contribution in [1.29, 1.82) is 0 Å². The standard InChI is InChI=1S/C30H36Cl2F3N3O6S/c1-38(45(41,42)10-8-30(33,34)35)26-5-3-4-9-44-28-16-24(23-15-21(43-2)6-7-22(23)28)36-17-27(39)25(37-29(26)40)13-18-11-19(31)14-20(32)12-18/h3-4,6-7,11-12,14-15,24-28,36,39H,5,8-10,13,16-17H2,1-2H3,(H,37,40)/t24-,25-,26-,27+,28+/m0/s1. The number of rotatable bonds is 7. The molecule has 5 atom stereocenters. The third-order valence-electron chi connectivity index (χ3n) is 7.95. The molecule has 2 aromatic carbocycles. The second-order valence-corrected chi connectivity index (χ2v) is 14.1. The number of amides is 1. The quantitative estimate of drug-likeness (QED) is 0.359. The zero-order valence-corrected chi connectivity index (χ0v) is 27.0. The van der Waals surface area contributed by atoms with Crippen molar-refractivity contribution in [3.63, 3.8) is 0 Å². The molecule has 1 aliphatic carbocycles. The lowest BCUT2D eigenvalue weighted by Crippen LogP contribution is -2.55. The van der Waals surface area contributed by atoms with Gasteiger partial charge in [-0.2, -0.15) is 17.5 Å². The second kappa shape index (κ2) is 15.0. The SMILES string of the molecule is COc1ccc2c(c1)[C@@H]1C[C@H]2OCC=CC[C@H](N(C)S(=O)(=O)CCC(F)(F)F)C(=O)N[C@@H](Cc2cc(Cl)cc(Cl)c2)[C@H](O)CN1. The number of methoxy groups -OCH3 is 1. The maximum Gasteiger partial charge on any atom is 0.390 e. The normalized spacial score (nSPS) is 24.9. The summed E-state index contributed by atoms with van der Waals surface area (Å²) in [6.07, 6.45) is -4.05.